The van der Waals surface area contributed by atoms with Crippen LogP contribution in [0.3, 0.4) is 0 Å². The standard InChI is InChI=1S/C23H23ClFN3O3S/c1-14-4-9-19(25)21(22(14)24)15(2)31-20-12-17(13-27-23(20)26)16-5-7-18(8-6-16)28-10-3-11-32(28,29)30/h4-9,12-13,15H,3,10-11H2,1-2H3,(H2,26,27). The van der Waals surface area contributed by atoms with Gasteiger partial charge in [0.05, 0.1) is 16.5 Å². The van der Waals surface area contributed by atoms with Crippen molar-refractivity contribution in [1.29, 1.82) is 0 Å². The SMILES string of the molecule is Cc1ccc(F)c(C(C)Oc2cc(-c3ccc(N4CCCS4(=O)=O)cc3)cnc2N)c1Cl. The molecule has 0 radical (unpaired) electrons. The Morgan fingerprint density at radius 3 is 2.56 bits per heavy atom. The van der Waals surface area contributed by atoms with Crippen molar-refractivity contribution in [1.82, 2.24) is 4.98 Å². The lowest BCUT2D eigenvalue weighted by molar-refractivity contribution is 0.222. The lowest BCUT2D eigenvalue weighted by atomic mass is 10.1. The Hall–Kier alpha value is -2.84. The van der Waals surface area contributed by atoms with Gasteiger partial charge in [0, 0.05) is 23.9 Å². The lowest BCUT2D eigenvalue weighted by Gasteiger charge is -2.19. The van der Waals surface area contributed by atoms with Crippen LogP contribution in [0.25, 0.3) is 11.1 Å². The monoisotopic (exact) mass is 475 g/mol. The van der Waals surface area contributed by atoms with Crippen molar-refractivity contribution >= 4 is 33.1 Å². The van der Waals surface area contributed by atoms with Gasteiger partial charge in [-0.15, -0.1) is 0 Å². The second kappa shape index (κ2) is 8.60. The van der Waals surface area contributed by atoms with Gasteiger partial charge in [0.1, 0.15) is 11.9 Å². The van der Waals surface area contributed by atoms with Gasteiger partial charge >= 0.3 is 0 Å². The van der Waals surface area contributed by atoms with Crippen molar-refractivity contribution in [3.63, 3.8) is 0 Å². The van der Waals surface area contributed by atoms with Gasteiger partial charge in [0.25, 0.3) is 0 Å². The Bertz CT molecular complexity index is 1270. The van der Waals surface area contributed by atoms with Crippen molar-refractivity contribution in [2.24, 2.45) is 0 Å². The largest absolute Gasteiger partial charge is 0.482 e. The molecule has 1 aliphatic heterocycles. The van der Waals surface area contributed by atoms with Crippen molar-refractivity contribution < 1.29 is 17.5 Å². The van der Waals surface area contributed by atoms with Crippen LogP contribution in [0.2, 0.25) is 5.02 Å². The molecule has 3 aromatic rings. The van der Waals surface area contributed by atoms with E-state index in [9.17, 15) is 12.8 Å². The maximum atomic E-state index is 14.4. The number of nitrogens with zero attached hydrogens (tertiary/aromatic N) is 2. The van der Waals surface area contributed by atoms with E-state index in [4.69, 9.17) is 22.1 Å². The average Bonchev–Trinajstić information content (AvgIpc) is 3.12. The van der Waals surface area contributed by atoms with Crippen LogP contribution in [0.1, 0.15) is 30.6 Å². The summed E-state index contributed by atoms with van der Waals surface area (Å²) in [6.07, 6.45) is 1.54. The second-order valence-electron chi connectivity index (χ2n) is 7.75. The highest BCUT2D eigenvalue weighted by molar-refractivity contribution is 7.93. The molecule has 168 valence electrons. The van der Waals surface area contributed by atoms with Crippen LogP contribution in [-0.4, -0.2) is 25.7 Å². The molecule has 0 amide bonds. The zero-order valence-electron chi connectivity index (χ0n) is 17.7. The van der Waals surface area contributed by atoms with E-state index in [0.29, 0.717) is 29.4 Å². The van der Waals surface area contributed by atoms with E-state index in [2.05, 4.69) is 4.98 Å². The summed E-state index contributed by atoms with van der Waals surface area (Å²) >= 11 is 6.30. The highest BCUT2D eigenvalue weighted by atomic mass is 35.5. The number of halogens is 2. The molecule has 1 unspecified atom stereocenters. The summed E-state index contributed by atoms with van der Waals surface area (Å²) in [4.78, 5) is 4.21. The number of benzene rings is 2. The molecule has 1 aliphatic rings. The highest BCUT2D eigenvalue weighted by Crippen LogP contribution is 2.35. The minimum absolute atomic E-state index is 0.168. The Labute approximate surface area is 191 Å². The van der Waals surface area contributed by atoms with Gasteiger partial charge < -0.3 is 10.5 Å². The quantitative estimate of drug-likeness (QED) is 0.554. The van der Waals surface area contributed by atoms with Gasteiger partial charge in [0.2, 0.25) is 10.0 Å². The average molecular weight is 476 g/mol. The number of pyridine rings is 1. The molecule has 1 saturated heterocycles. The number of hydrogen-bond acceptors (Lipinski definition) is 5. The normalized spacial score (nSPS) is 16.2. The predicted molar refractivity (Wildman–Crippen MR) is 125 cm³/mol. The first-order chi connectivity index (χ1) is 15.2. The Morgan fingerprint density at radius 2 is 1.91 bits per heavy atom. The number of nitrogens with two attached hydrogens (primary N) is 1. The molecular weight excluding hydrogens is 453 g/mol. The highest BCUT2D eigenvalue weighted by Gasteiger charge is 2.28. The zero-order valence-corrected chi connectivity index (χ0v) is 19.3. The summed E-state index contributed by atoms with van der Waals surface area (Å²) in [7, 11) is -3.24. The van der Waals surface area contributed by atoms with E-state index in [1.165, 1.54) is 10.4 Å². The third-order valence-corrected chi connectivity index (χ3v) is 7.87. The molecule has 0 spiro atoms. The molecule has 2 heterocycles. The van der Waals surface area contributed by atoms with Gasteiger partial charge in [-0.1, -0.05) is 29.8 Å². The summed E-state index contributed by atoms with van der Waals surface area (Å²) in [5.74, 6) is 0.187. The van der Waals surface area contributed by atoms with Crippen molar-refractivity contribution in [3.8, 4) is 16.9 Å². The first-order valence-electron chi connectivity index (χ1n) is 10.1. The van der Waals surface area contributed by atoms with Gasteiger partial charge in [0.15, 0.2) is 11.6 Å². The third kappa shape index (κ3) is 4.25. The topological polar surface area (TPSA) is 85.5 Å². The summed E-state index contributed by atoms with van der Waals surface area (Å²) in [6, 6.07) is 11.9. The molecule has 1 fully saturated rings. The van der Waals surface area contributed by atoms with Gasteiger partial charge in [-0.2, -0.15) is 0 Å². The number of sulfonamides is 1. The molecule has 9 heteroatoms. The summed E-state index contributed by atoms with van der Waals surface area (Å²) in [5.41, 5.74) is 9.18. The van der Waals surface area contributed by atoms with Crippen LogP contribution in [-0.2, 0) is 10.0 Å². The second-order valence-corrected chi connectivity index (χ2v) is 10.1. The fourth-order valence-corrected chi connectivity index (χ4v) is 5.63. The van der Waals surface area contributed by atoms with Crippen molar-refractivity contribution in [2.45, 2.75) is 26.4 Å². The molecule has 0 bridgehead atoms. The van der Waals surface area contributed by atoms with Gasteiger partial charge in [-0.3, -0.25) is 4.31 Å². The molecule has 1 atom stereocenters. The molecule has 2 aromatic carbocycles. The number of ether oxygens (including phenoxy) is 1. The third-order valence-electron chi connectivity index (χ3n) is 5.50. The number of aryl methyl sites for hydroxylation is 1. The van der Waals surface area contributed by atoms with E-state index >= 15 is 0 Å². The first kappa shape index (κ1) is 22.4. The van der Waals surface area contributed by atoms with Crippen LogP contribution in [0.4, 0.5) is 15.9 Å². The zero-order chi connectivity index (χ0) is 23.0. The van der Waals surface area contributed by atoms with E-state index in [0.717, 1.165) is 16.7 Å². The minimum atomic E-state index is -3.24. The maximum absolute atomic E-state index is 14.4. The number of hydrogen-bond donors (Lipinski definition) is 1. The van der Waals surface area contributed by atoms with E-state index in [1.54, 1.807) is 44.3 Å². The van der Waals surface area contributed by atoms with Crippen LogP contribution in [0.5, 0.6) is 5.75 Å². The molecule has 2 N–H and O–H groups in total. The molecule has 32 heavy (non-hydrogen) atoms. The smallest absolute Gasteiger partial charge is 0.235 e. The van der Waals surface area contributed by atoms with Crippen LogP contribution < -0.4 is 14.8 Å². The summed E-state index contributed by atoms with van der Waals surface area (Å²) in [6.45, 7) is 3.98. The Morgan fingerprint density at radius 1 is 1.19 bits per heavy atom. The van der Waals surface area contributed by atoms with Crippen LogP contribution >= 0.6 is 11.6 Å². The molecule has 1 aromatic heterocycles. The van der Waals surface area contributed by atoms with E-state index in [1.807, 2.05) is 12.1 Å². The molecule has 4 rings (SSSR count). The molecule has 0 saturated carbocycles. The van der Waals surface area contributed by atoms with E-state index < -0.39 is 21.9 Å². The molecule has 0 aliphatic carbocycles. The molecular formula is C23H23ClFN3O3S. The van der Waals surface area contributed by atoms with Crippen molar-refractivity contribution in [3.05, 3.63) is 70.6 Å². The number of aromatic nitrogens is 1. The fraction of sp³-hybridized carbons (Fsp3) is 0.261. The number of anilines is 2. The minimum Gasteiger partial charge on any atom is -0.482 e. The van der Waals surface area contributed by atoms with Crippen LogP contribution in [0.15, 0.2) is 48.7 Å². The summed E-state index contributed by atoms with van der Waals surface area (Å²) in [5, 5.41) is 0.313. The Balaban J connectivity index is 1.60. The lowest BCUT2D eigenvalue weighted by Crippen LogP contribution is -2.24. The van der Waals surface area contributed by atoms with Crippen molar-refractivity contribution in [2.75, 3.05) is 22.3 Å². The van der Waals surface area contributed by atoms with Gasteiger partial charge in [-0.05, 0) is 55.7 Å². The number of nitrogen functional groups attached to an aromatic ring is 1. The number of rotatable bonds is 5. The maximum Gasteiger partial charge on any atom is 0.235 e. The first-order valence-corrected chi connectivity index (χ1v) is 12.1. The van der Waals surface area contributed by atoms with Gasteiger partial charge in [-0.25, -0.2) is 17.8 Å². The van der Waals surface area contributed by atoms with E-state index in [-0.39, 0.29) is 17.1 Å². The molecule has 6 nitrogen and oxygen atoms in total. The fourth-order valence-electron chi connectivity index (χ4n) is 3.76. The predicted octanol–water partition coefficient (Wildman–Crippen LogP) is 5.11. The Kier molecular flexibility index (Phi) is 6.01. The summed E-state index contributed by atoms with van der Waals surface area (Å²) < 4.78 is 46.0. The van der Waals surface area contributed by atoms with Crippen LogP contribution in [0, 0.1) is 12.7 Å².